The van der Waals surface area contributed by atoms with Crippen molar-refractivity contribution in [2.24, 2.45) is 13.0 Å². The molecule has 0 aliphatic heterocycles. The molecule has 0 saturated heterocycles. The highest BCUT2D eigenvalue weighted by Crippen LogP contribution is 2.32. The molecule has 1 saturated carbocycles. The van der Waals surface area contributed by atoms with Crippen LogP contribution in [0.4, 0.5) is 0 Å². The van der Waals surface area contributed by atoms with Crippen molar-refractivity contribution in [3.8, 4) is 0 Å². The summed E-state index contributed by atoms with van der Waals surface area (Å²) in [6, 6.07) is 0. The van der Waals surface area contributed by atoms with Gasteiger partial charge < -0.3 is 15.0 Å². The highest BCUT2D eigenvalue weighted by molar-refractivity contribution is 4.91. The third kappa shape index (κ3) is 2.33. The van der Waals surface area contributed by atoms with Crippen LogP contribution in [-0.2, 0) is 13.6 Å². The molecule has 1 aliphatic carbocycles. The number of hydrogen-bond donors (Lipinski definition) is 2. The largest absolute Gasteiger partial charge is 0.392 e. The molecule has 1 aromatic rings. The van der Waals surface area contributed by atoms with E-state index in [2.05, 4.69) is 10.3 Å². The molecule has 4 heteroatoms. The van der Waals surface area contributed by atoms with Crippen LogP contribution in [0.15, 0.2) is 12.4 Å². The Balaban J connectivity index is 1.69. The Morgan fingerprint density at radius 1 is 1.71 bits per heavy atom. The van der Waals surface area contributed by atoms with Crippen molar-refractivity contribution in [2.45, 2.75) is 25.5 Å². The van der Waals surface area contributed by atoms with E-state index in [0.717, 1.165) is 12.4 Å². The molecule has 0 bridgehead atoms. The van der Waals surface area contributed by atoms with Gasteiger partial charge in [-0.2, -0.15) is 0 Å². The van der Waals surface area contributed by atoms with Crippen molar-refractivity contribution in [3.63, 3.8) is 0 Å². The summed E-state index contributed by atoms with van der Waals surface area (Å²) >= 11 is 0. The zero-order chi connectivity index (χ0) is 9.97. The summed E-state index contributed by atoms with van der Waals surface area (Å²) in [6.45, 7) is 1.41. The molecule has 0 amide bonds. The Bertz CT molecular complexity index is 293. The second-order valence-electron chi connectivity index (χ2n) is 3.99. The molecule has 1 atom stereocenters. The lowest BCUT2D eigenvalue weighted by Crippen LogP contribution is -2.28. The molecule has 78 valence electrons. The van der Waals surface area contributed by atoms with Gasteiger partial charge in [-0.15, -0.1) is 0 Å². The third-order valence-electron chi connectivity index (χ3n) is 2.72. The Labute approximate surface area is 84.0 Å². The Hall–Kier alpha value is -0.870. The van der Waals surface area contributed by atoms with Crippen LogP contribution in [-0.4, -0.2) is 27.3 Å². The lowest BCUT2D eigenvalue weighted by atomic mass is 10.2. The molecule has 0 aromatic carbocycles. The van der Waals surface area contributed by atoms with Crippen molar-refractivity contribution in [1.82, 2.24) is 14.9 Å². The number of aliphatic hydroxyl groups excluding tert-OH is 1. The summed E-state index contributed by atoms with van der Waals surface area (Å²) in [7, 11) is 1.97. The van der Waals surface area contributed by atoms with Gasteiger partial charge in [-0.05, 0) is 18.8 Å². The van der Waals surface area contributed by atoms with E-state index in [9.17, 15) is 5.11 Å². The predicted molar refractivity (Wildman–Crippen MR) is 53.6 cm³/mol. The van der Waals surface area contributed by atoms with Crippen molar-refractivity contribution in [3.05, 3.63) is 18.2 Å². The van der Waals surface area contributed by atoms with Crippen molar-refractivity contribution in [2.75, 3.05) is 6.54 Å². The molecule has 1 aromatic heterocycles. The molecule has 0 spiro atoms. The van der Waals surface area contributed by atoms with Crippen LogP contribution in [0.3, 0.4) is 0 Å². The number of nitrogens with zero attached hydrogens (tertiary/aromatic N) is 2. The quantitative estimate of drug-likeness (QED) is 0.709. The van der Waals surface area contributed by atoms with Crippen LogP contribution in [0.1, 0.15) is 18.7 Å². The van der Waals surface area contributed by atoms with Gasteiger partial charge in [-0.25, -0.2) is 4.98 Å². The molecule has 0 radical (unpaired) electrons. The fourth-order valence-corrected chi connectivity index (χ4v) is 1.55. The minimum absolute atomic E-state index is 0.171. The first-order valence-electron chi connectivity index (χ1n) is 5.12. The monoisotopic (exact) mass is 195 g/mol. The molecular formula is C10H17N3O. The predicted octanol–water partition coefficient (Wildman–Crippen LogP) is 0.281. The lowest BCUT2D eigenvalue weighted by molar-refractivity contribution is 0.148. The van der Waals surface area contributed by atoms with Gasteiger partial charge in [0.15, 0.2) is 0 Å². The topological polar surface area (TPSA) is 50.1 Å². The first-order valence-corrected chi connectivity index (χ1v) is 5.12. The molecule has 1 heterocycles. The van der Waals surface area contributed by atoms with Gasteiger partial charge in [0.25, 0.3) is 0 Å². The number of aromatic nitrogens is 2. The zero-order valence-electron chi connectivity index (χ0n) is 8.48. The van der Waals surface area contributed by atoms with Gasteiger partial charge in [0.05, 0.1) is 12.6 Å². The van der Waals surface area contributed by atoms with Crippen LogP contribution in [0, 0.1) is 5.92 Å². The average molecular weight is 195 g/mol. The van der Waals surface area contributed by atoms with Gasteiger partial charge in [0.1, 0.15) is 5.82 Å². The van der Waals surface area contributed by atoms with Crippen molar-refractivity contribution < 1.29 is 5.11 Å². The molecule has 1 unspecified atom stereocenters. The van der Waals surface area contributed by atoms with Gasteiger partial charge >= 0.3 is 0 Å². The van der Waals surface area contributed by atoms with Crippen LogP contribution in [0.5, 0.6) is 0 Å². The maximum Gasteiger partial charge on any atom is 0.122 e. The van der Waals surface area contributed by atoms with E-state index < -0.39 is 0 Å². The minimum atomic E-state index is -0.171. The Morgan fingerprint density at radius 3 is 3.07 bits per heavy atom. The van der Waals surface area contributed by atoms with E-state index in [1.165, 1.54) is 12.8 Å². The maximum absolute atomic E-state index is 9.60. The first-order chi connectivity index (χ1) is 6.77. The summed E-state index contributed by atoms with van der Waals surface area (Å²) in [5.74, 6) is 1.55. The number of aliphatic hydroxyl groups is 1. The van der Waals surface area contributed by atoms with Crippen LogP contribution in [0.25, 0.3) is 0 Å². The van der Waals surface area contributed by atoms with E-state index >= 15 is 0 Å². The Morgan fingerprint density at radius 2 is 2.50 bits per heavy atom. The van der Waals surface area contributed by atoms with Gasteiger partial charge in [0.2, 0.25) is 0 Å². The van der Waals surface area contributed by atoms with Crippen LogP contribution < -0.4 is 5.32 Å². The molecule has 2 rings (SSSR count). The summed E-state index contributed by atoms with van der Waals surface area (Å²) in [4.78, 5) is 4.19. The number of aryl methyl sites for hydroxylation is 1. The van der Waals surface area contributed by atoms with Crippen molar-refractivity contribution >= 4 is 0 Å². The summed E-state index contributed by atoms with van der Waals surface area (Å²) in [5.41, 5.74) is 0. The number of hydrogen-bond acceptors (Lipinski definition) is 3. The summed E-state index contributed by atoms with van der Waals surface area (Å²) in [6.07, 6.45) is 5.91. The zero-order valence-corrected chi connectivity index (χ0v) is 8.48. The van der Waals surface area contributed by atoms with E-state index in [-0.39, 0.29) is 6.10 Å². The number of rotatable bonds is 5. The SMILES string of the molecule is Cn1ccnc1CNCC(O)C1CC1. The molecule has 1 aliphatic rings. The summed E-state index contributed by atoms with van der Waals surface area (Å²) in [5, 5.41) is 12.8. The smallest absolute Gasteiger partial charge is 0.122 e. The summed E-state index contributed by atoms with van der Waals surface area (Å²) < 4.78 is 1.98. The number of imidazole rings is 1. The van der Waals surface area contributed by atoms with Gasteiger partial charge in [0, 0.05) is 26.0 Å². The van der Waals surface area contributed by atoms with Crippen LogP contribution in [0.2, 0.25) is 0 Å². The highest BCUT2D eigenvalue weighted by atomic mass is 16.3. The second-order valence-corrected chi connectivity index (χ2v) is 3.99. The lowest BCUT2D eigenvalue weighted by Gasteiger charge is -2.10. The fraction of sp³-hybridized carbons (Fsp3) is 0.700. The maximum atomic E-state index is 9.60. The fourth-order valence-electron chi connectivity index (χ4n) is 1.55. The minimum Gasteiger partial charge on any atom is -0.392 e. The average Bonchev–Trinajstić information content (AvgIpc) is 2.93. The van der Waals surface area contributed by atoms with Gasteiger partial charge in [-0.1, -0.05) is 0 Å². The molecule has 14 heavy (non-hydrogen) atoms. The van der Waals surface area contributed by atoms with E-state index in [1.807, 2.05) is 17.8 Å². The van der Waals surface area contributed by atoms with Gasteiger partial charge in [-0.3, -0.25) is 0 Å². The number of nitrogens with one attached hydrogen (secondary N) is 1. The third-order valence-corrected chi connectivity index (χ3v) is 2.72. The van der Waals surface area contributed by atoms with Crippen molar-refractivity contribution in [1.29, 1.82) is 0 Å². The van der Waals surface area contributed by atoms with E-state index in [1.54, 1.807) is 6.20 Å². The molecule has 4 nitrogen and oxygen atoms in total. The van der Waals surface area contributed by atoms with E-state index in [0.29, 0.717) is 12.5 Å². The molecule has 1 fully saturated rings. The highest BCUT2D eigenvalue weighted by Gasteiger charge is 2.29. The molecule has 2 N–H and O–H groups in total. The first kappa shape index (κ1) is 9.68. The normalized spacial score (nSPS) is 18.4. The molecular weight excluding hydrogens is 178 g/mol. The Kier molecular flexibility index (Phi) is 2.84. The second kappa shape index (κ2) is 4.11. The standard InChI is InChI=1S/C10H17N3O/c1-13-5-4-12-10(13)7-11-6-9(14)8-2-3-8/h4-5,8-9,11,14H,2-3,6-7H2,1H3. The van der Waals surface area contributed by atoms with E-state index in [4.69, 9.17) is 0 Å². The van der Waals surface area contributed by atoms with Crippen LogP contribution >= 0.6 is 0 Å².